The Labute approximate surface area is 183 Å². The van der Waals surface area contributed by atoms with E-state index in [9.17, 15) is 14.9 Å². The molecule has 4 rings (SSSR count). The van der Waals surface area contributed by atoms with Gasteiger partial charge in [-0.05, 0) is 55.3 Å². The maximum Gasteiger partial charge on any atom is 0.312 e. The van der Waals surface area contributed by atoms with Crippen LogP contribution in [0.3, 0.4) is 0 Å². The smallest absolute Gasteiger partial charge is 0.312 e. The average Bonchev–Trinajstić information content (AvgIpc) is 3.41. The number of hydrogen-bond donors (Lipinski definition) is 1. The first-order valence-electron chi connectivity index (χ1n) is 9.93. The predicted molar refractivity (Wildman–Crippen MR) is 116 cm³/mol. The molecular weight excluding hydrogens is 410 g/mol. The minimum absolute atomic E-state index is 0.0350. The van der Waals surface area contributed by atoms with E-state index in [-0.39, 0.29) is 11.6 Å². The van der Waals surface area contributed by atoms with Crippen molar-refractivity contribution in [2.24, 2.45) is 0 Å². The van der Waals surface area contributed by atoms with Crippen molar-refractivity contribution in [3.8, 4) is 5.82 Å². The van der Waals surface area contributed by atoms with Crippen molar-refractivity contribution < 1.29 is 9.72 Å². The van der Waals surface area contributed by atoms with Crippen molar-refractivity contribution in [2.75, 3.05) is 0 Å². The van der Waals surface area contributed by atoms with Crippen LogP contribution in [0.2, 0.25) is 0 Å². The number of pyridine rings is 1. The molecule has 32 heavy (non-hydrogen) atoms. The number of nitro groups is 1. The summed E-state index contributed by atoms with van der Waals surface area (Å²) in [6, 6.07) is 12.6. The van der Waals surface area contributed by atoms with Gasteiger partial charge in [0.25, 0.3) is 5.91 Å². The first-order valence-corrected chi connectivity index (χ1v) is 9.93. The number of carbonyl (C=O) groups excluding carboxylic acids is 1. The number of carbonyl (C=O) groups is 1. The molecule has 3 heterocycles. The van der Waals surface area contributed by atoms with Gasteiger partial charge in [0.15, 0.2) is 5.82 Å². The zero-order valence-electron chi connectivity index (χ0n) is 17.6. The van der Waals surface area contributed by atoms with Gasteiger partial charge >= 0.3 is 5.69 Å². The molecule has 0 saturated carbocycles. The summed E-state index contributed by atoms with van der Waals surface area (Å²) in [4.78, 5) is 27.6. The number of hydrogen-bond acceptors (Lipinski definition) is 6. The molecule has 1 amide bonds. The Balaban J connectivity index is 1.39. The number of nitrogens with one attached hydrogen (secondary N) is 1. The second kappa shape index (κ2) is 8.80. The van der Waals surface area contributed by atoms with Crippen LogP contribution in [0, 0.1) is 24.0 Å². The quantitative estimate of drug-likeness (QED) is 0.355. The van der Waals surface area contributed by atoms with Crippen LogP contribution in [-0.2, 0) is 13.1 Å². The van der Waals surface area contributed by atoms with E-state index in [0.717, 1.165) is 11.1 Å². The Kier molecular flexibility index (Phi) is 5.75. The van der Waals surface area contributed by atoms with E-state index < -0.39 is 4.92 Å². The molecule has 0 radical (unpaired) electrons. The Bertz CT molecular complexity index is 1260. The van der Waals surface area contributed by atoms with E-state index in [1.165, 1.54) is 0 Å². The van der Waals surface area contributed by atoms with E-state index in [1.54, 1.807) is 53.9 Å². The molecule has 0 spiro atoms. The summed E-state index contributed by atoms with van der Waals surface area (Å²) in [5, 5.41) is 22.5. The summed E-state index contributed by atoms with van der Waals surface area (Å²) in [6.07, 6.45) is 5.16. The molecule has 0 aliphatic carbocycles. The van der Waals surface area contributed by atoms with E-state index in [4.69, 9.17) is 0 Å². The monoisotopic (exact) mass is 431 g/mol. The highest BCUT2D eigenvalue weighted by atomic mass is 16.6. The van der Waals surface area contributed by atoms with Crippen molar-refractivity contribution in [1.29, 1.82) is 0 Å². The first kappa shape index (κ1) is 20.9. The van der Waals surface area contributed by atoms with E-state index in [1.807, 2.05) is 30.3 Å². The third-order valence-corrected chi connectivity index (χ3v) is 5.08. The van der Waals surface area contributed by atoms with Crippen molar-refractivity contribution in [1.82, 2.24) is 29.9 Å². The lowest BCUT2D eigenvalue weighted by Gasteiger charge is -2.08. The predicted octanol–water partition coefficient (Wildman–Crippen LogP) is 2.97. The van der Waals surface area contributed by atoms with Crippen LogP contribution in [0.5, 0.6) is 0 Å². The molecule has 1 N–H and O–H groups in total. The molecule has 0 atom stereocenters. The van der Waals surface area contributed by atoms with Crippen molar-refractivity contribution in [2.45, 2.75) is 26.9 Å². The van der Waals surface area contributed by atoms with Gasteiger partial charge in [-0.1, -0.05) is 12.1 Å². The number of aromatic nitrogens is 5. The fraction of sp³-hybridized carbons (Fsp3) is 0.182. The summed E-state index contributed by atoms with van der Waals surface area (Å²) in [5.74, 6) is 0.478. The maximum atomic E-state index is 12.5. The summed E-state index contributed by atoms with van der Waals surface area (Å²) in [7, 11) is 0. The van der Waals surface area contributed by atoms with E-state index >= 15 is 0 Å². The lowest BCUT2D eigenvalue weighted by molar-refractivity contribution is -0.386. The van der Waals surface area contributed by atoms with E-state index in [0.29, 0.717) is 35.9 Å². The molecule has 0 aliphatic rings. The number of amides is 1. The zero-order chi connectivity index (χ0) is 22.7. The van der Waals surface area contributed by atoms with E-state index in [2.05, 4.69) is 20.5 Å². The van der Waals surface area contributed by atoms with Crippen LogP contribution >= 0.6 is 0 Å². The van der Waals surface area contributed by atoms with Gasteiger partial charge in [0.05, 0.1) is 11.5 Å². The highest BCUT2D eigenvalue weighted by molar-refractivity contribution is 5.94. The summed E-state index contributed by atoms with van der Waals surface area (Å²) < 4.78 is 3.25. The van der Waals surface area contributed by atoms with Crippen LogP contribution in [0.1, 0.15) is 32.9 Å². The number of aryl methyl sites for hydroxylation is 1. The van der Waals surface area contributed by atoms with Gasteiger partial charge < -0.3 is 5.32 Å². The topological polar surface area (TPSA) is 121 Å². The first-order chi connectivity index (χ1) is 15.4. The lowest BCUT2D eigenvalue weighted by atomic mass is 10.1. The second-order valence-electron chi connectivity index (χ2n) is 7.29. The van der Waals surface area contributed by atoms with Crippen LogP contribution in [0.15, 0.2) is 61.1 Å². The maximum absolute atomic E-state index is 12.5. The average molecular weight is 431 g/mol. The van der Waals surface area contributed by atoms with Gasteiger partial charge in [0, 0.05) is 30.7 Å². The van der Waals surface area contributed by atoms with Gasteiger partial charge in [0.1, 0.15) is 11.4 Å². The largest absolute Gasteiger partial charge is 0.348 e. The van der Waals surface area contributed by atoms with Crippen molar-refractivity contribution in [3.63, 3.8) is 0 Å². The molecule has 0 saturated heterocycles. The van der Waals surface area contributed by atoms with Crippen molar-refractivity contribution in [3.05, 3.63) is 99.2 Å². The fourth-order valence-electron chi connectivity index (χ4n) is 3.42. The third-order valence-electron chi connectivity index (χ3n) is 5.08. The molecule has 0 fully saturated rings. The summed E-state index contributed by atoms with van der Waals surface area (Å²) in [6.45, 7) is 4.04. The van der Waals surface area contributed by atoms with Crippen LogP contribution in [0.25, 0.3) is 5.82 Å². The van der Waals surface area contributed by atoms with Gasteiger partial charge in [0.2, 0.25) is 0 Å². The van der Waals surface area contributed by atoms with Crippen LogP contribution in [0.4, 0.5) is 5.69 Å². The Morgan fingerprint density at radius 2 is 1.91 bits per heavy atom. The minimum atomic E-state index is -0.414. The van der Waals surface area contributed by atoms with Gasteiger partial charge in [-0.25, -0.2) is 9.67 Å². The highest BCUT2D eigenvalue weighted by Crippen LogP contribution is 2.22. The minimum Gasteiger partial charge on any atom is -0.348 e. The number of benzene rings is 1. The molecular formula is C22H21N7O3. The molecule has 0 bridgehead atoms. The number of nitrogens with zero attached hydrogens (tertiary/aromatic N) is 6. The Hall–Kier alpha value is -4.34. The molecule has 10 nitrogen and oxygen atoms in total. The highest BCUT2D eigenvalue weighted by Gasteiger charge is 2.21. The molecule has 162 valence electrons. The summed E-state index contributed by atoms with van der Waals surface area (Å²) in [5.41, 5.74) is 3.24. The second-order valence-corrected chi connectivity index (χ2v) is 7.29. The SMILES string of the molecule is Cc1nn(Cc2ccc(C(=O)NCc3ccnc(-n4cccn4)c3)cc2)c(C)c1[N+](=O)[O-]. The molecule has 0 unspecified atom stereocenters. The van der Waals surface area contributed by atoms with Gasteiger partial charge in [-0.2, -0.15) is 10.2 Å². The lowest BCUT2D eigenvalue weighted by Crippen LogP contribution is -2.23. The van der Waals surface area contributed by atoms with Gasteiger partial charge in [-0.15, -0.1) is 0 Å². The molecule has 1 aromatic carbocycles. The molecule has 0 aliphatic heterocycles. The normalized spacial score (nSPS) is 10.8. The van der Waals surface area contributed by atoms with Crippen LogP contribution in [-0.4, -0.2) is 35.4 Å². The number of rotatable bonds is 7. The van der Waals surface area contributed by atoms with Gasteiger partial charge in [-0.3, -0.25) is 19.6 Å². The zero-order valence-corrected chi connectivity index (χ0v) is 17.6. The third kappa shape index (κ3) is 4.38. The molecule has 10 heteroatoms. The Morgan fingerprint density at radius 1 is 1.12 bits per heavy atom. The standard InChI is InChI=1S/C22H21N7O3/c1-15-21(29(31)32)16(2)28(26-15)14-17-4-6-19(7-5-17)22(30)24-13-18-8-10-23-20(12-18)27-11-3-9-25-27/h3-12H,13-14H2,1-2H3,(H,24,30). The fourth-order valence-corrected chi connectivity index (χ4v) is 3.42. The van der Waals surface area contributed by atoms with Crippen molar-refractivity contribution >= 4 is 11.6 Å². The molecule has 3 aromatic heterocycles. The summed E-state index contributed by atoms with van der Waals surface area (Å²) >= 11 is 0. The van der Waals surface area contributed by atoms with Crippen LogP contribution < -0.4 is 5.32 Å². The molecule has 4 aromatic rings. The Morgan fingerprint density at radius 3 is 2.56 bits per heavy atom.